The number of carboxylic acids is 2. The van der Waals surface area contributed by atoms with E-state index in [-0.39, 0.29) is 0 Å². The minimum atomic E-state index is -0.860. The van der Waals surface area contributed by atoms with Gasteiger partial charge < -0.3 is 10.2 Å². The lowest BCUT2D eigenvalue weighted by molar-refractivity contribution is -0.147. The van der Waals surface area contributed by atoms with Crippen molar-refractivity contribution in [1.29, 1.82) is 0 Å². The highest BCUT2D eigenvalue weighted by Crippen LogP contribution is 2.29. The zero-order chi connectivity index (χ0) is 13.4. The molecule has 1 aliphatic carbocycles. The van der Waals surface area contributed by atoms with Crippen molar-refractivity contribution in [2.45, 2.75) is 46.5 Å². The van der Waals surface area contributed by atoms with Gasteiger partial charge in [0.25, 0.3) is 0 Å². The van der Waals surface area contributed by atoms with Gasteiger partial charge >= 0.3 is 11.9 Å². The minimum Gasteiger partial charge on any atom is -0.481 e. The maximum absolute atomic E-state index is 10.5. The molecule has 1 fully saturated rings. The summed E-state index contributed by atoms with van der Waals surface area (Å²) in [5.41, 5.74) is 1.38. The molecule has 98 valence electrons. The Hall–Kier alpha value is -1.32. The molecule has 0 saturated heterocycles. The Bertz CT molecular complexity index is 270. The first-order valence-electron chi connectivity index (χ1n) is 5.93. The molecule has 0 bridgehead atoms. The number of hydrogen-bond acceptors (Lipinski definition) is 2. The van der Waals surface area contributed by atoms with E-state index in [0.29, 0.717) is 25.7 Å². The molecule has 2 N–H and O–H groups in total. The summed E-state index contributed by atoms with van der Waals surface area (Å²) in [5, 5.41) is 17.3. The van der Waals surface area contributed by atoms with Crippen LogP contribution in [-0.2, 0) is 9.59 Å². The molecule has 0 radical (unpaired) electrons. The summed E-state index contributed by atoms with van der Waals surface area (Å²) in [6, 6.07) is 0. The molecule has 1 rings (SSSR count). The van der Waals surface area contributed by atoms with Gasteiger partial charge in [-0.15, -0.1) is 0 Å². The van der Waals surface area contributed by atoms with Crippen molar-refractivity contribution in [2.24, 2.45) is 11.8 Å². The van der Waals surface area contributed by atoms with Crippen LogP contribution in [0.25, 0.3) is 0 Å². The zero-order valence-electron chi connectivity index (χ0n) is 10.8. The average Bonchev–Trinajstić information content (AvgIpc) is 2.29. The number of rotatable bonds is 2. The van der Waals surface area contributed by atoms with E-state index in [1.54, 1.807) is 0 Å². The van der Waals surface area contributed by atoms with Crippen LogP contribution >= 0.6 is 0 Å². The van der Waals surface area contributed by atoms with Gasteiger partial charge in [0.1, 0.15) is 0 Å². The summed E-state index contributed by atoms with van der Waals surface area (Å²) in [6.45, 7) is 6.20. The average molecular weight is 242 g/mol. The van der Waals surface area contributed by atoms with Gasteiger partial charge in [-0.25, -0.2) is 0 Å². The minimum absolute atomic E-state index is 0.296. The summed E-state index contributed by atoms with van der Waals surface area (Å²) in [4.78, 5) is 21.1. The number of carbonyl (C=O) groups is 2. The molecule has 4 nitrogen and oxygen atoms in total. The van der Waals surface area contributed by atoms with Crippen molar-refractivity contribution in [3.63, 3.8) is 0 Å². The van der Waals surface area contributed by atoms with E-state index in [1.807, 2.05) is 6.92 Å². The van der Waals surface area contributed by atoms with E-state index in [4.69, 9.17) is 10.2 Å². The van der Waals surface area contributed by atoms with Crippen LogP contribution in [0.3, 0.4) is 0 Å². The van der Waals surface area contributed by atoms with E-state index in [9.17, 15) is 9.59 Å². The van der Waals surface area contributed by atoms with E-state index in [2.05, 4.69) is 19.9 Å². The van der Waals surface area contributed by atoms with Gasteiger partial charge in [0, 0.05) is 0 Å². The standard InChI is InChI=1S/C8H12O4.C5H10/c9-7(10)5-2-1-3-6(4-5)8(11)12;1-4-5(2)3/h5-6H,1-4H2,(H,9,10)(H,11,12);4H,1-3H3. The summed E-state index contributed by atoms with van der Waals surface area (Å²) < 4.78 is 0. The highest BCUT2D eigenvalue weighted by atomic mass is 16.4. The highest BCUT2D eigenvalue weighted by Gasteiger charge is 2.30. The quantitative estimate of drug-likeness (QED) is 0.730. The third-order valence-corrected chi connectivity index (χ3v) is 2.95. The molecule has 0 heterocycles. The Balaban J connectivity index is 0.000000437. The molecule has 0 aromatic carbocycles. The number of allylic oxidation sites excluding steroid dienone is 2. The second kappa shape index (κ2) is 7.87. The van der Waals surface area contributed by atoms with Gasteiger partial charge in [-0.2, -0.15) is 0 Å². The van der Waals surface area contributed by atoms with Gasteiger partial charge in [0.05, 0.1) is 11.8 Å². The molecule has 0 aliphatic heterocycles. The van der Waals surface area contributed by atoms with E-state index >= 15 is 0 Å². The van der Waals surface area contributed by atoms with Crippen molar-refractivity contribution in [1.82, 2.24) is 0 Å². The summed E-state index contributed by atoms with van der Waals surface area (Å²) in [5.74, 6) is -2.61. The summed E-state index contributed by atoms with van der Waals surface area (Å²) >= 11 is 0. The Kier molecular flexibility index (Phi) is 7.26. The van der Waals surface area contributed by atoms with Crippen LogP contribution < -0.4 is 0 Å². The van der Waals surface area contributed by atoms with E-state index in [0.717, 1.165) is 0 Å². The summed E-state index contributed by atoms with van der Waals surface area (Å²) in [6.07, 6.45) is 4.34. The van der Waals surface area contributed by atoms with Crippen LogP contribution in [0.2, 0.25) is 0 Å². The SMILES string of the molecule is CC=C(C)C.O=C(O)C1CCCC(C(=O)O)C1. The van der Waals surface area contributed by atoms with Crippen molar-refractivity contribution >= 4 is 11.9 Å². The third-order valence-electron chi connectivity index (χ3n) is 2.95. The largest absolute Gasteiger partial charge is 0.481 e. The first-order valence-corrected chi connectivity index (χ1v) is 5.93. The molecule has 2 atom stereocenters. The summed E-state index contributed by atoms with van der Waals surface area (Å²) in [7, 11) is 0. The fourth-order valence-corrected chi connectivity index (χ4v) is 1.64. The van der Waals surface area contributed by atoms with Crippen molar-refractivity contribution in [3.05, 3.63) is 11.6 Å². The van der Waals surface area contributed by atoms with E-state index < -0.39 is 23.8 Å². The smallest absolute Gasteiger partial charge is 0.306 e. The van der Waals surface area contributed by atoms with Gasteiger partial charge in [0.2, 0.25) is 0 Å². The molecule has 17 heavy (non-hydrogen) atoms. The van der Waals surface area contributed by atoms with Gasteiger partial charge in [0.15, 0.2) is 0 Å². The van der Waals surface area contributed by atoms with Gasteiger partial charge in [-0.1, -0.05) is 18.1 Å². The maximum atomic E-state index is 10.5. The Morgan fingerprint density at radius 1 is 1.06 bits per heavy atom. The first kappa shape index (κ1) is 15.7. The molecular formula is C13H22O4. The van der Waals surface area contributed by atoms with Crippen LogP contribution in [0.15, 0.2) is 11.6 Å². The van der Waals surface area contributed by atoms with Crippen molar-refractivity contribution < 1.29 is 19.8 Å². The molecular weight excluding hydrogens is 220 g/mol. The van der Waals surface area contributed by atoms with Crippen LogP contribution in [0.4, 0.5) is 0 Å². The lowest BCUT2D eigenvalue weighted by Gasteiger charge is -2.23. The first-order chi connectivity index (χ1) is 7.88. The lowest BCUT2D eigenvalue weighted by Crippen LogP contribution is -2.26. The highest BCUT2D eigenvalue weighted by molar-refractivity contribution is 5.74. The van der Waals surface area contributed by atoms with Crippen LogP contribution in [0.5, 0.6) is 0 Å². The van der Waals surface area contributed by atoms with Gasteiger partial charge in [-0.3, -0.25) is 9.59 Å². The fourth-order valence-electron chi connectivity index (χ4n) is 1.64. The monoisotopic (exact) mass is 242 g/mol. The number of aliphatic carboxylic acids is 2. The van der Waals surface area contributed by atoms with Crippen LogP contribution in [0.1, 0.15) is 46.5 Å². The third kappa shape index (κ3) is 6.76. The Labute approximate surface area is 102 Å². The molecule has 4 heteroatoms. The predicted octanol–water partition coefficient (Wildman–Crippen LogP) is 2.93. The predicted molar refractivity (Wildman–Crippen MR) is 65.8 cm³/mol. The zero-order valence-corrected chi connectivity index (χ0v) is 10.8. The van der Waals surface area contributed by atoms with E-state index in [1.165, 1.54) is 5.57 Å². The second-order valence-corrected chi connectivity index (χ2v) is 4.60. The Morgan fingerprint density at radius 3 is 1.65 bits per heavy atom. The molecule has 2 unspecified atom stereocenters. The lowest BCUT2D eigenvalue weighted by atomic mass is 9.81. The van der Waals surface area contributed by atoms with Crippen molar-refractivity contribution in [2.75, 3.05) is 0 Å². The van der Waals surface area contributed by atoms with Crippen molar-refractivity contribution in [3.8, 4) is 0 Å². The second-order valence-electron chi connectivity index (χ2n) is 4.60. The number of hydrogen-bond donors (Lipinski definition) is 2. The molecule has 1 aliphatic rings. The van der Waals surface area contributed by atoms with Crippen LogP contribution in [-0.4, -0.2) is 22.2 Å². The molecule has 0 aromatic heterocycles. The maximum Gasteiger partial charge on any atom is 0.306 e. The molecule has 0 spiro atoms. The molecule has 0 aromatic rings. The molecule has 1 saturated carbocycles. The van der Waals surface area contributed by atoms with Crippen LogP contribution in [0, 0.1) is 11.8 Å². The number of carboxylic acid groups (broad SMARTS) is 2. The van der Waals surface area contributed by atoms with Gasteiger partial charge in [-0.05, 0) is 40.0 Å². The topological polar surface area (TPSA) is 74.6 Å². The normalized spacial score (nSPS) is 23.0. The fraction of sp³-hybridized carbons (Fsp3) is 0.692. The Morgan fingerprint density at radius 2 is 1.41 bits per heavy atom. The molecule has 0 amide bonds.